The third-order valence-electron chi connectivity index (χ3n) is 5.64. The van der Waals surface area contributed by atoms with Crippen LogP contribution < -0.4 is 10.5 Å². The molecule has 1 amide bonds. The Morgan fingerprint density at radius 2 is 1.79 bits per heavy atom. The highest BCUT2D eigenvalue weighted by Gasteiger charge is 2.22. The fourth-order valence-electron chi connectivity index (χ4n) is 3.91. The third kappa shape index (κ3) is 5.27. The smallest absolute Gasteiger partial charge is 0.303 e. The standard InChI is InChI=1S/C25H30N4O4/c1-5-20(17-10-7-6-8-11-17)29-23-18(26-19(25(29)33)12-9-13-22(30)31)14-15-21(27-23)28(4)24(32)16(2)3/h6-8,10-11,14-16,20H,5,9,12-13H2,1-4H3,(H,30,31)/t20-/m0/s1. The van der Waals surface area contributed by atoms with Gasteiger partial charge in [-0.15, -0.1) is 0 Å². The molecule has 8 nitrogen and oxygen atoms in total. The van der Waals surface area contributed by atoms with Crippen molar-refractivity contribution in [2.24, 2.45) is 5.92 Å². The Kier molecular flexibility index (Phi) is 7.58. The van der Waals surface area contributed by atoms with E-state index in [-0.39, 0.29) is 36.3 Å². The second-order valence-corrected chi connectivity index (χ2v) is 8.38. The van der Waals surface area contributed by atoms with E-state index < -0.39 is 5.97 Å². The number of carboxylic acid groups (broad SMARTS) is 1. The van der Waals surface area contributed by atoms with Gasteiger partial charge < -0.3 is 5.11 Å². The Labute approximate surface area is 192 Å². The molecular formula is C25H30N4O4. The quantitative estimate of drug-likeness (QED) is 0.531. The summed E-state index contributed by atoms with van der Waals surface area (Å²) in [6.07, 6.45) is 1.20. The van der Waals surface area contributed by atoms with E-state index in [9.17, 15) is 14.4 Å². The highest BCUT2D eigenvalue weighted by atomic mass is 16.4. The molecule has 0 saturated carbocycles. The van der Waals surface area contributed by atoms with E-state index in [0.29, 0.717) is 35.5 Å². The van der Waals surface area contributed by atoms with Crippen LogP contribution in [0, 0.1) is 5.92 Å². The van der Waals surface area contributed by atoms with Crippen molar-refractivity contribution < 1.29 is 14.7 Å². The van der Waals surface area contributed by atoms with Gasteiger partial charge in [0, 0.05) is 19.4 Å². The molecule has 1 aromatic carbocycles. The fourth-order valence-corrected chi connectivity index (χ4v) is 3.91. The van der Waals surface area contributed by atoms with Crippen molar-refractivity contribution in [1.29, 1.82) is 0 Å². The normalized spacial score (nSPS) is 12.2. The molecule has 0 aliphatic rings. The van der Waals surface area contributed by atoms with Crippen LogP contribution in [0.2, 0.25) is 0 Å². The van der Waals surface area contributed by atoms with Gasteiger partial charge in [0.1, 0.15) is 17.0 Å². The number of rotatable bonds is 9. The number of carboxylic acids is 1. The molecule has 3 aromatic rings. The molecule has 0 aliphatic carbocycles. The summed E-state index contributed by atoms with van der Waals surface area (Å²) in [5.74, 6) is -0.741. The van der Waals surface area contributed by atoms with E-state index in [0.717, 1.165) is 5.56 Å². The maximum absolute atomic E-state index is 13.6. The zero-order valence-corrected chi connectivity index (χ0v) is 19.5. The Morgan fingerprint density at radius 3 is 2.39 bits per heavy atom. The molecule has 2 heterocycles. The fraction of sp³-hybridized carbons (Fsp3) is 0.400. The Bertz CT molecular complexity index is 1200. The summed E-state index contributed by atoms with van der Waals surface area (Å²) in [7, 11) is 1.67. The largest absolute Gasteiger partial charge is 0.481 e. The second-order valence-electron chi connectivity index (χ2n) is 8.38. The van der Waals surface area contributed by atoms with Crippen LogP contribution in [0.15, 0.2) is 47.3 Å². The van der Waals surface area contributed by atoms with Crippen molar-refractivity contribution >= 4 is 28.9 Å². The van der Waals surface area contributed by atoms with E-state index in [4.69, 9.17) is 10.1 Å². The van der Waals surface area contributed by atoms with Gasteiger partial charge in [0.15, 0.2) is 5.65 Å². The van der Waals surface area contributed by atoms with Crippen LogP contribution in [0.25, 0.3) is 11.2 Å². The highest BCUT2D eigenvalue weighted by Crippen LogP contribution is 2.25. The van der Waals surface area contributed by atoms with Gasteiger partial charge in [-0.1, -0.05) is 51.1 Å². The first-order valence-electron chi connectivity index (χ1n) is 11.2. The molecule has 8 heteroatoms. The van der Waals surface area contributed by atoms with Crippen LogP contribution in [0.3, 0.4) is 0 Å². The zero-order chi connectivity index (χ0) is 24.1. The van der Waals surface area contributed by atoms with Gasteiger partial charge in [-0.05, 0) is 37.0 Å². The molecule has 0 bridgehead atoms. The minimum Gasteiger partial charge on any atom is -0.481 e. The van der Waals surface area contributed by atoms with Gasteiger partial charge in [0.2, 0.25) is 5.91 Å². The number of pyridine rings is 1. The van der Waals surface area contributed by atoms with Gasteiger partial charge in [-0.3, -0.25) is 23.9 Å². The summed E-state index contributed by atoms with van der Waals surface area (Å²) < 4.78 is 1.64. The maximum atomic E-state index is 13.6. The number of aliphatic carboxylic acids is 1. The van der Waals surface area contributed by atoms with Crippen LogP contribution in [-0.2, 0) is 16.0 Å². The summed E-state index contributed by atoms with van der Waals surface area (Å²) in [6.45, 7) is 5.64. The lowest BCUT2D eigenvalue weighted by atomic mass is 10.0. The van der Waals surface area contributed by atoms with Gasteiger partial charge in [-0.25, -0.2) is 9.97 Å². The molecule has 0 fully saturated rings. The molecule has 174 valence electrons. The predicted octanol–water partition coefficient (Wildman–Crippen LogP) is 3.82. The third-order valence-corrected chi connectivity index (χ3v) is 5.64. The average molecular weight is 451 g/mol. The monoisotopic (exact) mass is 450 g/mol. The lowest BCUT2D eigenvalue weighted by molar-refractivity contribution is -0.137. The van der Waals surface area contributed by atoms with Gasteiger partial charge in [0.25, 0.3) is 5.56 Å². The summed E-state index contributed by atoms with van der Waals surface area (Å²) >= 11 is 0. The number of nitrogens with zero attached hydrogens (tertiary/aromatic N) is 4. The zero-order valence-electron chi connectivity index (χ0n) is 19.5. The highest BCUT2D eigenvalue weighted by molar-refractivity contribution is 5.94. The van der Waals surface area contributed by atoms with E-state index in [1.54, 1.807) is 23.7 Å². The van der Waals surface area contributed by atoms with E-state index in [2.05, 4.69) is 4.98 Å². The molecule has 0 radical (unpaired) electrons. The number of benzene rings is 1. The average Bonchev–Trinajstić information content (AvgIpc) is 2.80. The van der Waals surface area contributed by atoms with Gasteiger partial charge >= 0.3 is 5.97 Å². The van der Waals surface area contributed by atoms with Crippen molar-refractivity contribution in [1.82, 2.24) is 14.5 Å². The molecule has 0 aliphatic heterocycles. The maximum Gasteiger partial charge on any atom is 0.303 e. The van der Waals surface area contributed by atoms with Crippen LogP contribution in [0.5, 0.6) is 0 Å². The number of anilines is 1. The van der Waals surface area contributed by atoms with Gasteiger partial charge in [-0.2, -0.15) is 0 Å². The SMILES string of the molecule is CC[C@@H](c1ccccc1)n1c(=O)c(CCCC(=O)O)nc2ccc(N(C)C(=O)C(C)C)nc21. The Hall–Kier alpha value is -3.55. The molecule has 0 unspecified atom stereocenters. The number of aryl methyl sites for hydroxylation is 1. The summed E-state index contributed by atoms with van der Waals surface area (Å²) in [5.41, 5.74) is 1.93. The predicted molar refractivity (Wildman–Crippen MR) is 127 cm³/mol. The topological polar surface area (TPSA) is 105 Å². The number of aromatic nitrogens is 3. The first-order chi connectivity index (χ1) is 15.7. The van der Waals surface area contributed by atoms with Crippen molar-refractivity contribution in [3.05, 3.63) is 64.1 Å². The van der Waals surface area contributed by atoms with Crippen LogP contribution in [-0.4, -0.2) is 38.6 Å². The van der Waals surface area contributed by atoms with E-state index in [1.807, 2.05) is 51.1 Å². The lowest BCUT2D eigenvalue weighted by Crippen LogP contribution is -2.33. The molecular weight excluding hydrogens is 420 g/mol. The minimum atomic E-state index is -0.906. The molecule has 33 heavy (non-hydrogen) atoms. The number of hydrogen-bond donors (Lipinski definition) is 1. The number of carbonyl (C=O) groups excluding carboxylic acids is 1. The van der Waals surface area contributed by atoms with E-state index in [1.165, 1.54) is 4.90 Å². The van der Waals surface area contributed by atoms with Crippen LogP contribution >= 0.6 is 0 Å². The first-order valence-corrected chi connectivity index (χ1v) is 11.2. The summed E-state index contributed by atoms with van der Waals surface area (Å²) in [5, 5.41) is 8.98. The number of fused-ring (bicyclic) bond motifs is 1. The summed E-state index contributed by atoms with van der Waals surface area (Å²) in [6, 6.07) is 12.9. The molecule has 1 atom stereocenters. The van der Waals surface area contributed by atoms with E-state index >= 15 is 0 Å². The lowest BCUT2D eigenvalue weighted by Gasteiger charge is -2.23. The van der Waals surface area contributed by atoms with Gasteiger partial charge in [0.05, 0.1) is 6.04 Å². The summed E-state index contributed by atoms with van der Waals surface area (Å²) in [4.78, 5) is 47.8. The molecule has 2 aromatic heterocycles. The molecule has 0 saturated heterocycles. The van der Waals surface area contributed by atoms with Crippen molar-refractivity contribution in [2.75, 3.05) is 11.9 Å². The molecule has 1 N–H and O–H groups in total. The number of hydrogen-bond acceptors (Lipinski definition) is 5. The molecule has 3 rings (SSSR count). The molecule has 0 spiro atoms. The van der Waals surface area contributed by atoms with Crippen molar-refractivity contribution in [3.8, 4) is 0 Å². The second kappa shape index (κ2) is 10.4. The first kappa shape index (κ1) is 24.1. The van der Waals surface area contributed by atoms with Crippen LogP contribution in [0.1, 0.15) is 57.3 Å². The Balaban J connectivity index is 2.21. The number of amides is 1. The van der Waals surface area contributed by atoms with Crippen molar-refractivity contribution in [3.63, 3.8) is 0 Å². The Morgan fingerprint density at radius 1 is 1.09 bits per heavy atom. The van der Waals surface area contributed by atoms with Crippen LogP contribution in [0.4, 0.5) is 5.82 Å². The number of carbonyl (C=O) groups is 2. The minimum absolute atomic E-state index is 0.0334. The van der Waals surface area contributed by atoms with Crippen molar-refractivity contribution in [2.45, 2.75) is 52.5 Å².